The third-order valence-corrected chi connectivity index (χ3v) is 5.79. The minimum absolute atomic E-state index is 0.0511. The standard InChI is InChI=1S/C20H20N4O4S/c1-27-15-10-8-14(9-11-15)19-21-22-20(23(19)13-16-5-4-12-28-16)29-18-7-3-2-6-17(18)24(25)26/h2-3,6-11,16H,4-5,12-13H2,1H3/t16-/m0/s1. The molecule has 0 unspecified atom stereocenters. The maximum Gasteiger partial charge on any atom is 0.283 e. The Morgan fingerprint density at radius 2 is 2.03 bits per heavy atom. The van der Waals surface area contributed by atoms with Crippen LogP contribution in [0.15, 0.2) is 58.6 Å². The lowest BCUT2D eigenvalue weighted by Gasteiger charge is -2.15. The van der Waals surface area contributed by atoms with Crippen LogP contribution < -0.4 is 4.74 Å². The third kappa shape index (κ3) is 4.25. The third-order valence-electron chi connectivity index (χ3n) is 4.74. The summed E-state index contributed by atoms with van der Waals surface area (Å²) in [5, 5.41) is 20.7. The van der Waals surface area contributed by atoms with Gasteiger partial charge in [-0.1, -0.05) is 12.1 Å². The number of hydrogen-bond acceptors (Lipinski definition) is 7. The number of benzene rings is 2. The Balaban J connectivity index is 1.71. The number of para-hydroxylation sites is 1. The van der Waals surface area contributed by atoms with E-state index in [4.69, 9.17) is 9.47 Å². The quantitative estimate of drug-likeness (QED) is 0.424. The van der Waals surface area contributed by atoms with Crippen LogP contribution in [0.5, 0.6) is 5.75 Å². The highest BCUT2D eigenvalue weighted by atomic mass is 32.2. The van der Waals surface area contributed by atoms with E-state index >= 15 is 0 Å². The van der Waals surface area contributed by atoms with E-state index in [0.29, 0.717) is 22.4 Å². The first-order chi connectivity index (χ1) is 14.2. The van der Waals surface area contributed by atoms with E-state index in [2.05, 4.69) is 10.2 Å². The zero-order valence-electron chi connectivity index (χ0n) is 15.9. The molecular weight excluding hydrogens is 392 g/mol. The van der Waals surface area contributed by atoms with E-state index in [0.717, 1.165) is 30.8 Å². The van der Waals surface area contributed by atoms with Crippen molar-refractivity contribution in [3.8, 4) is 17.1 Å². The molecule has 1 aliphatic heterocycles. The SMILES string of the molecule is COc1ccc(-c2nnc(Sc3ccccc3[N+](=O)[O-])n2C[C@@H]2CCCO2)cc1. The number of ether oxygens (including phenoxy) is 2. The van der Waals surface area contributed by atoms with Gasteiger partial charge in [-0.15, -0.1) is 10.2 Å². The van der Waals surface area contributed by atoms with E-state index in [1.165, 1.54) is 17.8 Å². The molecule has 0 amide bonds. The summed E-state index contributed by atoms with van der Waals surface area (Å²) in [5.41, 5.74) is 0.945. The largest absolute Gasteiger partial charge is 0.497 e. The van der Waals surface area contributed by atoms with Crippen molar-refractivity contribution in [1.29, 1.82) is 0 Å². The van der Waals surface area contributed by atoms with Crippen LogP contribution in [-0.2, 0) is 11.3 Å². The zero-order valence-corrected chi connectivity index (χ0v) is 16.7. The average Bonchev–Trinajstić information content (AvgIpc) is 3.39. The average molecular weight is 412 g/mol. The number of nitro benzene ring substituents is 1. The normalized spacial score (nSPS) is 16.1. The number of methoxy groups -OCH3 is 1. The molecule has 1 fully saturated rings. The highest BCUT2D eigenvalue weighted by Crippen LogP contribution is 2.36. The number of rotatable bonds is 7. The molecule has 0 N–H and O–H groups in total. The Morgan fingerprint density at radius 1 is 1.24 bits per heavy atom. The van der Waals surface area contributed by atoms with Gasteiger partial charge < -0.3 is 9.47 Å². The monoisotopic (exact) mass is 412 g/mol. The van der Waals surface area contributed by atoms with Gasteiger partial charge in [0.05, 0.1) is 29.6 Å². The van der Waals surface area contributed by atoms with Crippen molar-refractivity contribution in [3.63, 3.8) is 0 Å². The summed E-state index contributed by atoms with van der Waals surface area (Å²) in [5.74, 6) is 1.46. The van der Waals surface area contributed by atoms with Crippen molar-refractivity contribution in [3.05, 3.63) is 58.6 Å². The number of aromatic nitrogens is 3. The van der Waals surface area contributed by atoms with Crippen molar-refractivity contribution >= 4 is 17.4 Å². The lowest BCUT2D eigenvalue weighted by atomic mass is 10.2. The summed E-state index contributed by atoms with van der Waals surface area (Å²) in [6.45, 7) is 1.34. The lowest BCUT2D eigenvalue weighted by Crippen LogP contribution is -2.16. The molecule has 9 heteroatoms. The summed E-state index contributed by atoms with van der Waals surface area (Å²) in [7, 11) is 1.62. The first kappa shape index (κ1) is 19.4. The molecule has 1 atom stereocenters. The summed E-state index contributed by atoms with van der Waals surface area (Å²) in [6.07, 6.45) is 2.07. The van der Waals surface area contributed by atoms with Crippen LogP contribution in [0, 0.1) is 10.1 Å². The molecule has 3 aromatic rings. The van der Waals surface area contributed by atoms with Crippen LogP contribution in [0.2, 0.25) is 0 Å². The number of nitro groups is 1. The van der Waals surface area contributed by atoms with E-state index < -0.39 is 0 Å². The molecular formula is C20H20N4O4S. The zero-order chi connectivity index (χ0) is 20.2. The van der Waals surface area contributed by atoms with Gasteiger partial charge in [-0.25, -0.2) is 0 Å². The van der Waals surface area contributed by atoms with Crippen LogP contribution in [0.4, 0.5) is 5.69 Å². The van der Waals surface area contributed by atoms with Gasteiger partial charge in [-0.3, -0.25) is 14.7 Å². The molecule has 4 rings (SSSR count). The fourth-order valence-corrected chi connectivity index (χ4v) is 4.21. The second-order valence-corrected chi connectivity index (χ2v) is 7.62. The van der Waals surface area contributed by atoms with Crippen molar-refractivity contribution in [2.24, 2.45) is 0 Å². The van der Waals surface area contributed by atoms with Crippen LogP contribution in [0.3, 0.4) is 0 Å². The van der Waals surface area contributed by atoms with Crippen molar-refractivity contribution in [2.45, 2.75) is 35.5 Å². The molecule has 0 spiro atoms. The van der Waals surface area contributed by atoms with Crippen LogP contribution in [-0.4, -0.2) is 39.5 Å². The van der Waals surface area contributed by atoms with Gasteiger partial charge >= 0.3 is 0 Å². The van der Waals surface area contributed by atoms with Crippen molar-refractivity contribution in [1.82, 2.24) is 14.8 Å². The highest BCUT2D eigenvalue weighted by Gasteiger charge is 2.24. The molecule has 1 saturated heterocycles. The fourth-order valence-electron chi connectivity index (χ4n) is 3.27. The van der Waals surface area contributed by atoms with Crippen LogP contribution in [0.25, 0.3) is 11.4 Å². The second-order valence-electron chi connectivity index (χ2n) is 6.61. The maximum atomic E-state index is 11.4. The Hall–Kier alpha value is -2.91. The lowest BCUT2D eigenvalue weighted by molar-refractivity contribution is -0.387. The molecule has 1 aromatic heterocycles. The Morgan fingerprint density at radius 3 is 2.72 bits per heavy atom. The molecule has 0 radical (unpaired) electrons. The molecule has 8 nitrogen and oxygen atoms in total. The Labute approximate surface area is 172 Å². The summed E-state index contributed by atoms with van der Waals surface area (Å²) in [6, 6.07) is 14.2. The number of hydrogen-bond donors (Lipinski definition) is 0. The molecule has 29 heavy (non-hydrogen) atoms. The second kappa shape index (κ2) is 8.62. The van der Waals surface area contributed by atoms with E-state index in [9.17, 15) is 10.1 Å². The molecule has 0 aliphatic carbocycles. The summed E-state index contributed by atoms with van der Waals surface area (Å²) >= 11 is 1.24. The van der Waals surface area contributed by atoms with Gasteiger partial charge in [0.15, 0.2) is 11.0 Å². The van der Waals surface area contributed by atoms with Gasteiger partial charge in [-0.2, -0.15) is 0 Å². The van der Waals surface area contributed by atoms with Crippen LogP contribution >= 0.6 is 11.8 Å². The van der Waals surface area contributed by atoms with E-state index in [1.54, 1.807) is 25.3 Å². The molecule has 150 valence electrons. The highest BCUT2D eigenvalue weighted by molar-refractivity contribution is 7.99. The predicted molar refractivity (Wildman–Crippen MR) is 108 cm³/mol. The first-order valence-electron chi connectivity index (χ1n) is 9.26. The van der Waals surface area contributed by atoms with Gasteiger partial charge in [0.1, 0.15) is 5.75 Å². The van der Waals surface area contributed by atoms with Crippen LogP contribution in [0.1, 0.15) is 12.8 Å². The summed E-state index contributed by atoms with van der Waals surface area (Å²) in [4.78, 5) is 11.5. The molecule has 1 aliphatic rings. The molecule has 0 bridgehead atoms. The van der Waals surface area contributed by atoms with Gasteiger partial charge in [0.2, 0.25) is 0 Å². The van der Waals surface area contributed by atoms with E-state index in [-0.39, 0.29) is 16.7 Å². The van der Waals surface area contributed by atoms with Crippen molar-refractivity contribution in [2.75, 3.05) is 13.7 Å². The molecule has 2 aromatic carbocycles. The fraction of sp³-hybridized carbons (Fsp3) is 0.300. The predicted octanol–water partition coefficient (Wildman–Crippen LogP) is 4.19. The minimum atomic E-state index is -0.381. The van der Waals surface area contributed by atoms with Gasteiger partial charge in [0.25, 0.3) is 5.69 Å². The van der Waals surface area contributed by atoms with Gasteiger partial charge in [0, 0.05) is 18.2 Å². The minimum Gasteiger partial charge on any atom is -0.497 e. The van der Waals surface area contributed by atoms with Crippen molar-refractivity contribution < 1.29 is 14.4 Å². The first-order valence-corrected chi connectivity index (χ1v) is 10.1. The van der Waals surface area contributed by atoms with Gasteiger partial charge in [-0.05, 0) is 54.9 Å². The Kier molecular flexibility index (Phi) is 5.77. The molecule has 0 saturated carbocycles. The molecule has 2 heterocycles. The Bertz CT molecular complexity index is 1000. The topological polar surface area (TPSA) is 92.3 Å². The smallest absolute Gasteiger partial charge is 0.283 e. The van der Waals surface area contributed by atoms with E-state index in [1.807, 2.05) is 28.8 Å². The number of nitrogens with zero attached hydrogens (tertiary/aromatic N) is 4. The summed E-state index contributed by atoms with van der Waals surface area (Å²) < 4.78 is 13.0. The maximum absolute atomic E-state index is 11.4.